The first-order chi connectivity index (χ1) is 13.7. The molecule has 1 fully saturated rings. The molecule has 2 aromatic rings. The monoisotopic (exact) mass is 465 g/mol. The van der Waals surface area contributed by atoms with Gasteiger partial charge < -0.3 is 14.8 Å². The Balaban J connectivity index is 1.74. The molecule has 0 saturated heterocycles. The lowest BCUT2D eigenvalue weighted by Crippen LogP contribution is -2.29. The highest BCUT2D eigenvalue weighted by atomic mass is 79.9. The Morgan fingerprint density at radius 2 is 1.75 bits per heavy atom. The van der Waals surface area contributed by atoms with Crippen LogP contribution in [0.25, 0.3) is 0 Å². The van der Waals surface area contributed by atoms with Crippen LogP contribution in [0.5, 0.6) is 11.5 Å². The maximum Gasteiger partial charge on any atom is 0.167 e. The second-order valence-corrected chi connectivity index (χ2v) is 8.62. The van der Waals surface area contributed by atoms with E-state index in [1.54, 1.807) is 7.11 Å². The maximum atomic E-state index is 6.29. The Kier molecular flexibility index (Phi) is 8.50. The molecule has 28 heavy (non-hydrogen) atoms. The molecule has 0 aromatic heterocycles. The molecular weight excluding hydrogens is 438 g/mol. The van der Waals surface area contributed by atoms with Crippen LogP contribution < -0.4 is 14.8 Å². The lowest BCUT2D eigenvalue weighted by atomic mass is 9.96. The summed E-state index contributed by atoms with van der Waals surface area (Å²) in [6.07, 6.45) is 9.21. The highest BCUT2D eigenvalue weighted by Crippen LogP contribution is 2.37. The van der Waals surface area contributed by atoms with E-state index in [9.17, 15) is 0 Å². The summed E-state index contributed by atoms with van der Waals surface area (Å²) in [6.45, 7) is 1.16. The van der Waals surface area contributed by atoms with Crippen molar-refractivity contribution in [3.05, 3.63) is 57.0 Å². The number of rotatable bonds is 7. The van der Waals surface area contributed by atoms with Crippen LogP contribution in [0.3, 0.4) is 0 Å². The molecule has 3 nitrogen and oxygen atoms in total. The highest BCUT2D eigenvalue weighted by molar-refractivity contribution is 9.10. The Morgan fingerprint density at radius 3 is 2.46 bits per heavy atom. The van der Waals surface area contributed by atoms with Crippen LogP contribution in [0.4, 0.5) is 0 Å². The smallest absolute Gasteiger partial charge is 0.167 e. The fourth-order valence-corrected chi connectivity index (χ4v) is 4.38. The first kappa shape index (κ1) is 21.5. The zero-order valence-corrected chi connectivity index (χ0v) is 18.8. The third-order valence-electron chi connectivity index (χ3n) is 5.39. The van der Waals surface area contributed by atoms with Crippen LogP contribution in [0, 0.1) is 0 Å². The molecule has 0 radical (unpaired) electrons. The SMILES string of the molecule is COc1ccc(Br)c(CNC2CCCCCCC2)c1OCc1ccccc1Cl. The van der Waals surface area contributed by atoms with Gasteiger partial charge in [0, 0.05) is 33.2 Å². The van der Waals surface area contributed by atoms with E-state index in [-0.39, 0.29) is 0 Å². The Morgan fingerprint density at radius 1 is 1.04 bits per heavy atom. The number of ether oxygens (including phenoxy) is 2. The predicted octanol–water partition coefficient (Wildman–Crippen LogP) is 6.89. The molecule has 0 bridgehead atoms. The summed E-state index contributed by atoms with van der Waals surface area (Å²) < 4.78 is 12.8. The first-order valence-corrected chi connectivity index (χ1v) is 11.3. The van der Waals surface area contributed by atoms with Crippen LogP contribution in [0.1, 0.15) is 56.1 Å². The predicted molar refractivity (Wildman–Crippen MR) is 119 cm³/mol. The second-order valence-electron chi connectivity index (χ2n) is 7.36. The van der Waals surface area contributed by atoms with Gasteiger partial charge in [-0.25, -0.2) is 0 Å². The van der Waals surface area contributed by atoms with Gasteiger partial charge in [-0.15, -0.1) is 0 Å². The molecule has 2 aromatic carbocycles. The van der Waals surface area contributed by atoms with Gasteiger partial charge in [-0.3, -0.25) is 0 Å². The van der Waals surface area contributed by atoms with Crippen molar-refractivity contribution in [1.82, 2.24) is 5.32 Å². The molecule has 0 unspecified atom stereocenters. The second kappa shape index (κ2) is 11.1. The van der Waals surface area contributed by atoms with Crippen molar-refractivity contribution in [3.8, 4) is 11.5 Å². The lowest BCUT2D eigenvalue weighted by Gasteiger charge is -2.23. The van der Waals surface area contributed by atoms with Crippen molar-refractivity contribution < 1.29 is 9.47 Å². The lowest BCUT2D eigenvalue weighted by molar-refractivity contribution is 0.279. The van der Waals surface area contributed by atoms with Gasteiger partial charge >= 0.3 is 0 Å². The fraction of sp³-hybridized carbons (Fsp3) is 0.478. The van der Waals surface area contributed by atoms with Crippen molar-refractivity contribution in [3.63, 3.8) is 0 Å². The van der Waals surface area contributed by atoms with Crippen LogP contribution in [-0.2, 0) is 13.2 Å². The minimum atomic E-state index is 0.406. The standard InChI is InChI=1S/C23H29BrClNO2/c1-27-22-14-13-20(24)19(15-26-18-10-5-3-2-4-6-11-18)23(22)28-16-17-9-7-8-12-21(17)25/h7-9,12-14,18,26H,2-6,10-11,15-16H2,1H3. The minimum Gasteiger partial charge on any atom is -0.493 e. The molecule has 5 heteroatoms. The Hall–Kier alpha value is -1.23. The first-order valence-electron chi connectivity index (χ1n) is 10.1. The summed E-state index contributed by atoms with van der Waals surface area (Å²) in [5.74, 6) is 1.51. The van der Waals surface area contributed by atoms with E-state index in [0.29, 0.717) is 17.7 Å². The topological polar surface area (TPSA) is 30.5 Å². The van der Waals surface area contributed by atoms with E-state index in [2.05, 4.69) is 21.2 Å². The number of halogens is 2. The molecule has 1 N–H and O–H groups in total. The van der Waals surface area contributed by atoms with E-state index in [4.69, 9.17) is 21.1 Å². The molecule has 152 valence electrons. The summed E-state index contributed by atoms with van der Waals surface area (Å²) in [6, 6.07) is 12.3. The van der Waals surface area contributed by atoms with Gasteiger partial charge in [0.2, 0.25) is 0 Å². The van der Waals surface area contributed by atoms with Gasteiger partial charge in [0.05, 0.1) is 7.11 Å². The van der Waals surface area contributed by atoms with E-state index in [1.165, 1.54) is 44.9 Å². The quantitative estimate of drug-likeness (QED) is 0.482. The summed E-state index contributed by atoms with van der Waals surface area (Å²) in [7, 11) is 1.68. The normalized spacial score (nSPS) is 15.7. The van der Waals surface area contributed by atoms with Gasteiger partial charge in [-0.1, -0.05) is 77.8 Å². The van der Waals surface area contributed by atoms with Gasteiger partial charge in [-0.2, -0.15) is 0 Å². The number of hydrogen-bond acceptors (Lipinski definition) is 3. The summed E-state index contributed by atoms with van der Waals surface area (Å²) >= 11 is 10.00. The third kappa shape index (κ3) is 5.88. The summed E-state index contributed by atoms with van der Waals surface area (Å²) in [5.41, 5.74) is 2.05. The molecule has 0 heterocycles. The van der Waals surface area contributed by atoms with Crippen LogP contribution >= 0.6 is 27.5 Å². The van der Waals surface area contributed by atoms with Gasteiger partial charge in [0.25, 0.3) is 0 Å². The van der Waals surface area contributed by atoms with Crippen LogP contribution in [-0.4, -0.2) is 13.2 Å². The van der Waals surface area contributed by atoms with Gasteiger partial charge in [-0.05, 0) is 31.0 Å². The van der Waals surface area contributed by atoms with Crippen molar-refractivity contribution >= 4 is 27.5 Å². The zero-order valence-electron chi connectivity index (χ0n) is 16.5. The highest BCUT2D eigenvalue weighted by Gasteiger charge is 2.18. The number of hydrogen-bond donors (Lipinski definition) is 1. The maximum absolute atomic E-state index is 6.29. The molecule has 0 spiro atoms. The Labute approximate surface area is 181 Å². The molecule has 0 amide bonds. The fourth-order valence-electron chi connectivity index (χ4n) is 3.74. The average Bonchev–Trinajstić information content (AvgIpc) is 2.67. The molecule has 1 saturated carbocycles. The number of nitrogens with one attached hydrogen (secondary N) is 1. The Bertz CT molecular complexity index is 760. The minimum absolute atomic E-state index is 0.406. The molecule has 1 aliphatic carbocycles. The van der Waals surface area contributed by atoms with E-state index in [1.807, 2.05) is 36.4 Å². The molecule has 0 aliphatic heterocycles. The zero-order chi connectivity index (χ0) is 19.8. The van der Waals surface area contributed by atoms with Crippen molar-refractivity contribution in [2.24, 2.45) is 0 Å². The molecule has 0 atom stereocenters. The van der Waals surface area contributed by atoms with Crippen molar-refractivity contribution in [2.45, 2.75) is 64.1 Å². The van der Waals surface area contributed by atoms with Gasteiger partial charge in [0.1, 0.15) is 6.61 Å². The number of benzene rings is 2. The summed E-state index contributed by atoms with van der Waals surface area (Å²) in [5, 5.41) is 4.47. The average molecular weight is 467 g/mol. The molecular formula is C23H29BrClNO2. The van der Waals surface area contributed by atoms with Crippen LogP contribution in [0.2, 0.25) is 5.02 Å². The van der Waals surface area contributed by atoms with E-state index >= 15 is 0 Å². The van der Waals surface area contributed by atoms with Crippen LogP contribution in [0.15, 0.2) is 40.9 Å². The molecule has 1 aliphatic rings. The largest absolute Gasteiger partial charge is 0.493 e. The van der Waals surface area contributed by atoms with Crippen molar-refractivity contribution in [1.29, 1.82) is 0 Å². The van der Waals surface area contributed by atoms with E-state index in [0.717, 1.165) is 33.6 Å². The third-order valence-corrected chi connectivity index (χ3v) is 6.50. The van der Waals surface area contributed by atoms with Gasteiger partial charge in [0.15, 0.2) is 11.5 Å². The van der Waals surface area contributed by atoms with E-state index < -0.39 is 0 Å². The summed E-state index contributed by atoms with van der Waals surface area (Å²) in [4.78, 5) is 0. The molecule has 3 rings (SSSR count). The number of methoxy groups -OCH3 is 1. The van der Waals surface area contributed by atoms with Crippen molar-refractivity contribution in [2.75, 3.05) is 7.11 Å².